The smallest absolute Gasteiger partial charge is 0.253 e. The molecule has 1 unspecified atom stereocenters. The van der Waals surface area contributed by atoms with E-state index in [9.17, 15) is 13.6 Å². The van der Waals surface area contributed by atoms with Crippen molar-refractivity contribution >= 4 is 5.91 Å². The average Bonchev–Trinajstić information content (AvgIpc) is 1.87. The van der Waals surface area contributed by atoms with E-state index in [1.165, 1.54) is 19.0 Å². The zero-order chi connectivity index (χ0) is 9.02. The van der Waals surface area contributed by atoms with Crippen LogP contribution in [0.4, 0.5) is 8.78 Å². The van der Waals surface area contributed by atoms with Gasteiger partial charge in [-0.1, -0.05) is 0 Å². The van der Waals surface area contributed by atoms with Gasteiger partial charge in [0.05, 0.1) is 6.04 Å². The van der Waals surface area contributed by atoms with Gasteiger partial charge in [0, 0.05) is 20.5 Å². The Morgan fingerprint density at radius 2 is 2.00 bits per heavy atom. The van der Waals surface area contributed by atoms with Crippen LogP contribution >= 0.6 is 0 Å². The van der Waals surface area contributed by atoms with Crippen LogP contribution in [0.5, 0.6) is 0 Å². The lowest BCUT2D eigenvalue weighted by molar-refractivity contribution is -0.129. The maximum atomic E-state index is 11.8. The summed E-state index contributed by atoms with van der Waals surface area (Å²) in [5, 5.41) is 0. The zero-order valence-corrected chi connectivity index (χ0v) is 6.55. The number of nitrogens with zero attached hydrogens (tertiary/aromatic N) is 1. The van der Waals surface area contributed by atoms with E-state index in [4.69, 9.17) is 5.73 Å². The number of amides is 1. The minimum absolute atomic E-state index is 0.301. The van der Waals surface area contributed by atoms with Crippen molar-refractivity contribution in [1.29, 1.82) is 0 Å². The van der Waals surface area contributed by atoms with Gasteiger partial charge in [0.15, 0.2) is 0 Å². The van der Waals surface area contributed by atoms with Crippen molar-refractivity contribution in [2.75, 3.05) is 14.1 Å². The first-order chi connectivity index (χ1) is 4.95. The molecule has 0 saturated carbocycles. The van der Waals surface area contributed by atoms with Gasteiger partial charge in [-0.3, -0.25) is 4.79 Å². The molecule has 0 radical (unpaired) electrons. The summed E-state index contributed by atoms with van der Waals surface area (Å²) in [7, 11) is 3.00. The van der Waals surface area contributed by atoms with Crippen LogP contribution in [0.25, 0.3) is 0 Å². The lowest BCUT2D eigenvalue weighted by Gasteiger charge is -2.13. The highest BCUT2D eigenvalue weighted by atomic mass is 19.3. The van der Waals surface area contributed by atoms with Crippen LogP contribution in [0.3, 0.4) is 0 Å². The standard InChI is InChI=1S/C6H12F2N2O/c1-10(2)5(11)3-4(9)6(7)8/h4,6H,3,9H2,1-2H3. The van der Waals surface area contributed by atoms with Crippen LogP contribution in [0.1, 0.15) is 6.42 Å². The van der Waals surface area contributed by atoms with Gasteiger partial charge in [-0.15, -0.1) is 0 Å². The molecule has 0 heterocycles. The summed E-state index contributed by atoms with van der Waals surface area (Å²) in [4.78, 5) is 12.0. The minimum atomic E-state index is -2.63. The quantitative estimate of drug-likeness (QED) is 0.644. The van der Waals surface area contributed by atoms with E-state index in [1.54, 1.807) is 0 Å². The van der Waals surface area contributed by atoms with E-state index in [-0.39, 0.29) is 12.3 Å². The lowest BCUT2D eigenvalue weighted by Crippen LogP contribution is -2.35. The van der Waals surface area contributed by atoms with Crippen LogP contribution < -0.4 is 5.73 Å². The maximum Gasteiger partial charge on any atom is 0.253 e. The Labute approximate surface area is 64.2 Å². The number of hydrogen-bond donors (Lipinski definition) is 1. The molecule has 0 rings (SSSR count). The summed E-state index contributed by atoms with van der Waals surface area (Å²) < 4.78 is 23.5. The molecule has 0 saturated heterocycles. The first kappa shape index (κ1) is 10.3. The number of carbonyl (C=O) groups is 1. The molecule has 1 atom stereocenters. The summed E-state index contributed by atoms with van der Waals surface area (Å²) in [5.74, 6) is -0.377. The largest absolute Gasteiger partial charge is 0.349 e. The molecule has 0 aliphatic heterocycles. The molecule has 0 aromatic rings. The Hall–Kier alpha value is -0.710. The third kappa shape index (κ3) is 3.87. The second-order valence-corrected chi connectivity index (χ2v) is 2.49. The summed E-state index contributed by atoms with van der Waals surface area (Å²) >= 11 is 0. The normalized spacial score (nSPS) is 13.3. The fourth-order valence-electron chi connectivity index (χ4n) is 0.473. The number of hydrogen-bond acceptors (Lipinski definition) is 2. The topological polar surface area (TPSA) is 46.3 Å². The number of nitrogens with two attached hydrogens (primary N) is 1. The number of alkyl halides is 2. The third-order valence-electron chi connectivity index (χ3n) is 1.23. The molecule has 0 aliphatic carbocycles. The van der Waals surface area contributed by atoms with Crippen molar-refractivity contribution in [2.24, 2.45) is 5.73 Å². The van der Waals surface area contributed by atoms with Crippen molar-refractivity contribution < 1.29 is 13.6 Å². The Bertz CT molecular complexity index is 139. The van der Waals surface area contributed by atoms with Gasteiger partial charge < -0.3 is 10.6 Å². The molecule has 0 aliphatic rings. The zero-order valence-electron chi connectivity index (χ0n) is 6.55. The van der Waals surface area contributed by atoms with E-state index in [1.807, 2.05) is 0 Å². The van der Waals surface area contributed by atoms with Gasteiger partial charge in [-0.05, 0) is 0 Å². The van der Waals surface area contributed by atoms with Gasteiger partial charge in [-0.2, -0.15) is 0 Å². The van der Waals surface area contributed by atoms with E-state index < -0.39 is 12.5 Å². The number of carbonyl (C=O) groups excluding carboxylic acids is 1. The molecular weight excluding hydrogens is 154 g/mol. The predicted octanol–water partition coefficient (Wildman–Crippen LogP) is 0.0571. The highest BCUT2D eigenvalue weighted by Crippen LogP contribution is 2.03. The van der Waals surface area contributed by atoms with Crippen molar-refractivity contribution in [3.8, 4) is 0 Å². The Morgan fingerprint density at radius 3 is 2.27 bits per heavy atom. The third-order valence-corrected chi connectivity index (χ3v) is 1.23. The maximum absolute atomic E-state index is 11.8. The van der Waals surface area contributed by atoms with Crippen LogP contribution in [-0.2, 0) is 4.79 Å². The molecule has 2 N–H and O–H groups in total. The Kier molecular flexibility index (Phi) is 3.95. The monoisotopic (exact) mass is 166 g/mol. The molecule has 66 valence electrons. The summed E-state index contributed by atoms with van der Waals surface area (Å²) in [5.41, 5.74) is 4.96. The van der Waals surface area contributed by atoms with E-state index in [0.717, 1.165) is 0 Å². The predicted molar refractivity (Wildman–Crippen MR) is 37.3 cm³/mol. The van der Waals surface area contributed by atoms with E-state index in [2.05, 4.69) is 0 Å². The molecule has 11 heavy (non-hydrogen) atoms. The fraction of sp³-hybridized carbons (Fsp3) is 0.833. The first-order valence-corrected chi connectivity index (χ1v) is 3.19. The Morgan fingerprint density at radius 1 is 1.55 bits per heavy atom. The van der Waals surface area contributed by atoms with Gasteiger partial charge in [-0.25, -0.2) is 8.78 Å². The molecule has 0 aromatic carbocycles. The highest BCUT2D eigenvalue weighted by Gasteiger charge is 2.19. The molecule has 0 aromatic heterocycles. The van der Waals surface area contributed by atoms with Crippen LogP contribution in [0.15, 0.2) is 0 Å². The van der Waals surface area contributed by atoms with Gasteiger partial charge >= 0.3 is 0 Å². The number of halogens is 2. The Balaban J connectivity index is 3.76. The van der Waals surface area contributed by atoms with Crippen LogP contribution in [-0.4, -0.2) is 37.4 Å². The lowest BCUT2D eigenvalue weighted by atomic mass is 10.2. The van der Waals surface area contributed by atoms with Crippen molar-refractivity contribution in [3.05, 3.63) is 0 Å². The molecule has 0 bridgehead atoms. The van der Waals surface area contributed by atoms with Crippen LogP contribution in [0, 0.1) is 0 Å². The highest BCUT2D eigenvalue weighted by molar-refractivity contribution is 5.76. The van der Waals surface area contributed by atoms with Crippen LogP contribution in [0.2, 0.25) is 0 Å². The SMILES string of the molecule is CN(C)C(=O)CC(N)C(F)F. The molecule has 0 fully saturated rings. The molecule has 5 heteroatoms. The van der Waals surface area contributed by atoms with Gasteiger partial charge in [0.1, 0.15) is 0 Å². The first-order valence-electron chi connectivity index (χ1n) is 3.19. The fourth-order valence-corrected chi connectivity index (χ4v) is 0.473. The average molecular weight is 166 g/mol. The van der Waals surface area contributed by atoms with Gasteiger partial charge in [0.25, 0.3) is 6.43 Å². The summed E-state index contributed by atoms with van der Waals surface area (Å²) in [6, 6.07) is -1.34. The van der Waals surface area contributed by atoms with E-state index in [0.29, 0.717) is 0 Å². The van der Waals surface area contributed by atoms with Crippen molar-refractivity contribution in [2.45, 2.75) is 18.9 Å². The second-order valence-electron chi connectivity index (χ2n) is 2.49. The van der Waals surface area contributed by atoms with Crippen molar-refractivity contribution in [3.63, 3.8) is 0 Å². The molecule has 1 amide bonds. The summed E-state index contributed by atoms with van der Waals surface area (Å²) in [6.07, 6.45) is -2.93. The summed E-state index contributed by atoms with van der Waals surface area (Å²) in [6.45, 7) is 0. The molecule has 3 nitrogen and oxygen atoms in total. The van der Waals surface area contributed by atoms with Gasteiger partial charge in [0.2, 0.25) is 5.91 Å². The second kappa shape index (κ2) is 4.23. The van der Waals surface area contributed by atoms with Crippen molar-refractivity contribution in [1.82, 2.24) is 4.90 Å². The molecular formula is C6H12F2N2O. The van der Waals surface area contributed by atoms with E-state index >= 15 is 0 Å². The number of rotatable bonds is 3. The molecule has 0 spiro atoms. The minimum Gasteiger partial charge on any atom is -0.349 e.